The van der Waals surface area contributed by atoms with Crippen LogP contribution in [0.15, 0.2) is 78.4 Å². The number of nitro groups is 1. The van der Waals surface area contributed by atoms with Gasteiger partial charge >= 0.3 is 0 Å². The maximum atomic E-state index is 12.6. The highest BCUT2D eigenvalue weighted by Crippen LogP contribution is 2.20. The molecule has 148 valence electrons. The largest absolute Gasteiger partial charge is 0.489 e. The number of nitrogens with zero attached hydrogens (tertiary/aromatic N) is 2. The molecule has 7 heteroatoms. The van der Waals surface area contributed by atoms with E-state index in [2.05, 4.69) is 0 Å². The third kappa shape index (κ3) is 5.31. The molecule has 0 saturated heterocycles. The summed E-state index contributed by atoms with van der Waals surface area (Å²) >= 11 is 5.86. The SMILES string of the molecule is N#C/C(=C\c1ccc(OCc2ccc(Cl)cc2)cc1)C(=O)c1cccc([N+](=O)[O-])c1. The zero-order valence-corrected chi connectivity index (χ0v) is 16.4. The van der Waals surface area contributed by atoms with Crippen molar-refractivity contribution in [3.05, 3.63) is 110 Å². The number of hydrogen-bond acceptors (Lipinski definition) is 5. The van der Waals surface area contributed by atoms with E-state index in [0.29, 0.717) is 22.9 Å². The molecule has 0 saturated carbocycles. The second-order valence-electron chi connectivity index (χ2n) is 6.29. The zero-order valence-electron chi connectivity index (χ0n) is 15.6. The third-order valence-electron chi connectivity index (χ3n) is 4.19. The van der Waals surface area contributed by atoms with E-state index in [4.69, 9.17) is 16.3 Å². The molecule has 0 atom stereocenters. The van der Waals surface area contributed by atoms with E-state index in [1.165, 1.54) is 24.3 Å². The van der Waals surface area contributed by atoms with Gasteiger partial charge in [0.1, 0.15) is 24.0 Å². The topological polar surface area (TPSA) is 93.2 Å². The number of nitro benzene ring substituents is 1. The molecule has 0 heterocycles. The van der Waals surface area contributed by atoms with Gasteiger partial charge in [0.25, 0.3) is 5.69 Å². The molecule has 3 aromatic carbocycles. The minimum Gasteiger partial charge on any atom is -0.489 e. The van der Waals surface area contributed by atoms with Gasteiger partial charge in [-0.3, -0.25) is 14.9 Å². The van der Waals surface area contributed by atoms with Gasteiger partial charge in [0.05, 0.1) is 4.92 Å². The molecule has 0 unspecified atom stereocenters. The van der Waals surface area contributed by atoms with Crippen LogP contribution in [0.2, 0.25) is 5.02 Å². The Morgan fingerprint density at radius 3 is 2.43 bits per heavy atom. The predicted octanol–water partition coefficient (Wildman–Crippen LogP) is 5.62. The van der Waals surface area contributed by atoms with Crippen LogP contribution in [0.1, 0.15) is 21.5 Å². The first-order chi connectivity index (χ1) is 14.5. The lowest BCUT2D eigenvalue weighted by Crippen LogP contribution is -2.02. The average molecular weight is 419 g/mol. The molecular formula is C23H15ClN2O4. The zero-order chi connectivity index (χ0) is 21.5. The Morgan fingerprint density at radius 2 is 1.80 bits per heavy atom. The van der Waals surface area contributed by atoms with Gasteiger partial charge in [-0.15, -0.1) is 0 Å². The van der Waals surface area contributed by atoms with Gasteiger partial charge in [-0.25, -0.2) is 0 Å². The Bertz CT molecular complexity index is 1150. The fourth-order valence-corrected chi connectivity index (χ4v) is 2.77. The first-order valence-corrected chi connectivity index (χ1v) is 9.22. The lowest BCUT2D eigenvalue weighted by Gasteiger charge is -2.07. The molecule has 3 rings (SSSR count). The summed E-state index contributed by atoms with van der Waals surface area (Å²) in [6, 6.07) is 21.4. The molecule has 0 aliphatic carbocycles. The summed E-state index contributed by atoms with van der Waals surface area (Å²) in [6.07, 6.45) is 1.43. The van der Waals surface area contributed by atoms with Gasteiger partial charge < -0.3 is 4.74 Å². The standard InChI is InChI=1S/C23H15ClN2O4/c24-20-8-4-17(5-9-20)15-30-22-10-6-16(7-11-22)12-19(14-25)23(27)18-2-1-3-21(13-18)26(28)29/h1-13H,15H2/b19-12+. The summed E-state index contributed by atoms with van der Waals surface area (Å²) in [5.41, 5.74) is 1.35. The number of carbonyl (C=O) groups excluding carboxylic acids is 1. The third-order valence-corrected chi connectivity index (χ3v) is 4.45. The number of hydrogen-bond donors (Lipinski definition) is 0. The number of nitriles is 1. The van der Waals surface area contributed by atoms with Crippen molar-refractivity contribution in [3.63, 3.8) is 0 Å². The van der Waals surface area contributed by atoms with Crippen molar-refractivity contribution in [1.29, 1.82) is 5.26 Å². The van der Waals surface area contributed by atoms with E-state index in [0.717, 1.165) is 11.6 Å². The summed E-state index contributed by atoms with van der Waals surface area (Å²) < 4.78 is 5.71. The summed E-state index contributed by atoms with van der Waals surface area (Å²) in [4.78, 5) is 22.9. The molecule has 0 bridgehead atoms. The molecule has 0 N–H and O–H groups in total. The average Bonchev–Trinajstić information content (AvgIpc) is 2.77. The van der Waals surface area contributed by atoms with Crippen LogP contribution in [0.5, 0.6) is 5.75 Å². The summed E-state index contributed by atoms with van der Waals surface area (Å²) in [7, 11) is 0. The first-order valence-electron chi connectivity index (χ1n) is 8.84. The van der Waals surface area contributed by atoms with Gasteiger partial charge in [0, 0.05) is 22.7 Å². The van der Waals surface area contributed by atoms with Crippen LogP contribution in [-0.2, 0) is 6.61 Å². The highest BCUT2D eigenvalue weighted by Gasteiger charge is 2.15. The number of allylic oxidation sites excluding steroid dienone is 1. The number of rotatable bonds is 7. The van der Waals surface area contributed by atoms with E-state index in [1.54, 1.807) is 36.4 Å². The molecular weight excluding hydrogens is 404 g/mol. The molecule has 0 radical (unpaired) electrons. The van der Waals surface area contributed by atoms with Crippen molar-refractivity contribution in [2.75, 3.05) is 0 Å². The number of halogens is 1. The van der Waals surface area contributed by atoms with Crippen LogP contribution in [0.3, 0.4) is 0 Å². The Hall–Kier alpha value is -3.95. The van der Waals surface area contributed by atoms with Crippen molar-refractivity contribution in [1.82, 2.24) is 0 Å². The van der Waals surface area contributed by atoms with Crippen molar-refractivity contribution in [2.45, 2.75) is 6.61 Å². The Morgan fingerprint density at radius 1 is 1.10 bits per heavy atom. The van der Waals surface area contributed by atoms with E-state index in [9.17, 15) is 20.2 Å². The number of non-ortho nitro benzene ring substituents is 1. The minimum absolute atomic E-state index is 0.0833. The Labute approximate surface area is 177 Å². The first kappa shape index (κ1) is 20.8. The maximum absolute atomic E-state index is 12.6. The van der Waals surface area contributed by atoms with E-state index in [1.807, 2.05) is 18.2 Å². The molecule has 0 aliphatic rings. The fourth-order valence-electron chi connectivity index (χ4n) is 2.64. The highest BCUT2D eigenvalue weighted by atomic mass is 35.5. The molecule has 0 aromatic heterocycles. The van der Waals surface area contributed by atoms with Gasteiger partial charge in [-0.1, -0.05) is 48.0 Å². The number of carbonyl (C=O) groups is 1. The van der Waals surface area contributed by atoms with Crippen LogP contribution in [0, 0.1) is 21.4 Å². The summed E-state index contributed by atoms with van der Waals surface area (Å²) in [5.74, 6) is 0.0508. The van der Waals surface area contributed by atoms with Gasteiger partial charge in [0.2, 0.25) is 5.78 Å². The number of Topliss-reactive ketones (excluding diaryl/α,β-unsaturated/α-hetero) is 1. The molecule has 0 aliphatic heterocycles. The van der Waals surface area contributed by atoms with Crippen LogP contribution in [-0.4, -0.2) is 10.7 Å². The van der Waals surface area contributed by atoms with Crippen molar-refractivity contribution in [2.24, 2.45) is 0 Å². The van der Waals surface area contributed by atoms with Crippen molar-refractivity contribution >= 4 is 29.1 Å². The van der Waals surface area contributed by atoms with Crippen molar-refractivity contribution in [3.8, 4) is 11.8 Å². The fraction of sp³-hybridized carbons (Fsp3) is 0.0435. The number of ketones is 1. The van der Waals surface area contributed by atoms with E-state index in [-0.39, 0.29) is 16.8 Å². The summed E-state index contributed by atoms with van der Waals surface area (Å²) in [5, 5.41) is 20.9. The van der Waals surface area contributed by atoms with E-state index < -0.39 is 10.7 Å². The molecule has 0 amide bonds. The number of benzene rings is 3. The lowest BCUT2D eigenvalue weighted by molar-refractivity contribution is -0.384. The van der Waals surface area contributed by atoms with Gasteiger partial charge in [0.15, 0.2) is 0 Å². The second-order valence-corrected chi connectivity index (χ2v) is 6.73. The van der Waals surface area contributed by atoms with Crippen LogP contribution >= 0.6 is 11.6 Å². The lowest BCUT2D eigenvalue weighted by atomic mass is 10.0. The smallest absolute Gasteiger partial charge is 0.270 e. The van der Waals surface area contributed by atoms with Crippen molar-refractivity contribution < 1.29 is 14.5 Å². The Kier molecular flexibility index (Phi) is 6.58. The predicted molar refractivity (Wildman–Crippen MR) is 113 cm³/mol. The van der Waals surface area contributed by atoms with Gasteiger partial charge in [-0.2, -0.15) is 5.26 Å². The van der Waals surface area contributed by atoms with Crippen LogP contribution < -0.4 is 4.74 Å². The van der Waals surface area contributed by atoms with Crippen LogP contribution in [0.4, 0.5) is 5.69 Å². The van der Waals surface area contributed by atoms with Gasteiger partial charge in [-0.05, 0) is 41.5 Å². The van der Waals surface area contributed by atoms with Crippen LogP contribution in [0.25, 0.3) is 6.08 Å². The molecule has 30 heavy (non-hydrogen) atoms. The maximum Gasteiger partial charge on any atom is 0.270 e. The minimum atomic E-state index is -0.588. The Balaban J connectivity index is 1.72. The van der Waals surface area contributed by atoms with E-state index >= 15 is 0 Å². The summed E-state index contributed by atoms with van der Waals surface area (Å²) in [6.45, 7) is 0.376. The normalized spacial score (nSPS) is 10.9. The second kappa shape index (κ2) is 9.50. The highest BCUT2D eigenvalue weighted by molar-refractivity contribution is 6.30. The molecule has 0 fully saturated rings. The quantitative estimate of drug-likeness (QED) is 0.163. The number of ether oxygens (including phenoxy) is 1. The molecule has 6 nitrogen and oxygen atoms in total. The molecule has 0 spiro atoms. The monoisotopic (exact) mass is 418 g/mol. The molecule has 3 aromatic rings.